The van der Waals surface area contributed by atoms with Gasteiger partial charge in [-0.25, -0.2) is 9.97 Å². The Kier molecular flexibility index (Phi) is 3.93. The van der Waals surface area contributed by atoms with Crippen LogP contribution < -0.4 is 5.32 Å². The highest BCUT2D eigenvalue weighted by molar-refractivity contribution is 5.93. The lowest BCUT2D eigenvalue weighted by atomic mass is 10.1. The first-order valence-corrected chi connectivity index (χ1v) is 8.36. The number of aromatic amines is 1. The monoisotopic (exact) mass is 332 g/mol. The Labute approximate surface area is 146 Å². The van der Waals surface area contributed by atoms with Gasteiger partial charge in [-0.15, -0.1) is 0 Å². The van der Waals surface area contributed by atoms with Crippen molar-refractivity contribution < 1.29 is 0 Å². The fourth-order valence-corrected chi connectivity index (χ4v) is 2.94. The highest BCUT2D eigenvalue weighted by Gasteiger charge is 2.14. The molecule has 0 radical (unpaired) electrons. The fraction of sp³-hybridized carbons (Fsp3) is 0.211. The molecule has 0 aliphatic carbocycles. The van der Waals surface area contributed by atoms with Crippen LogP contribution in [-0.2, 0) is 6.54 Å². The van der Waals surface area contributed by atoms with Gasteiger partial charge in [0.05, 0.1) is 0 Å². The van der Waals surface area contributed by atoms with Crippen molar-refractivity contribution in [3.05, 3.63) is 60.8 Å². The number of anilines is 1. The molecule has 0 aromatic carbocycles. The van der Waals surface area contributed by atoms with Gasteiger partial charge in [0.25, 0.3) is 0 Å². The third kappa shape index (κ3) is 2.98. The molecule has 4 rings (SSSR count). The Morgan fingerprint density at radius 2 is 2.00 bits per heavy atom. The molecule has 6 nitrogen and oxygen atoms in total. The predicted molar refractivity (Wildman–Crippen MR) is 99.3 cm³/mol. The van der Waals surface area contributed by atoms with E-state index in [2.05, 4.69) is 49.7 Å². The van der Waals surface area contributed by atoms with E-state index in [0.717, 1.165) is 33.8 Å². The van der Waals surface area contributed by atoms with Crippen LogP contribution in [0, 0.1) is 0 Å². The van der Waals surface area contributed by atoms with Gasteiger partial charge in [-0.3, -0.25) is 4.98 Å². The highest BCUT2D eigenvalue weighted by Crippen LogP contribution is 2.30. The van der Waals surface area contributed by atoms with Crippen LogP contribution in [0.3, 0.4) is 0 Å². The van der Waals surface area contributed by atoms with Gasteiger partial charge in [0.2, 0.25) is 0 Å². The van der Waals surface area contributed by atoms with Crippen LogP contribution in [-0.4, -0.2) is 24.5 Å². The molecule has 4 aromatic rings. The van der Waals surface area contributed by atoms with E-state index in [1.165, 1.54) is 0 Å². The summed E-state index contributed by atoms with van der Waals surface area (Å²) >= 11 is 0. The second-order valence-electron chi connectivity index (χ2n) is 6.26. The van der Waals surface area contributed by atoms with Crippen molar-refractivity contribution in [2.24, 2.45) is 0 Å². The summed E-state index contributed by atoms with van der Waals surface area (Å²) in [4.78, 5) is 16.5. The first-order chi connectivity index (χ1) is 12.2. The molecule has 25 heavy (non-hydrogen) atoms. The number of hydrogen-bond acceptors (Lipinski definition) is 4. The number of hydrogen-bond donors (Lipinski definition) is 2. The number of nitrogens with zero attached hydrogens (tertiary/aromatic N) is 4. The smallest absolute Gasteiger partial charge is 0.141 e. The van der Waals surface area contributed by atoms with Gasteiger partial charge in [0, 0.05) is 54.5 Å². The minimum atomic E-state index is 0.341. The Morgan fingerprint density at radius 3 is 2.80 bits per heavy atom. The Hall–Kier alpha value is -3.15. The van der Waals surface area contributed by atoms with Crippen molar-refractivity contribution in [1.82, 2.24) is 24.5 Å². The maximum Gasteiger partial charge on any atom is 0.141 e. The maximum atomic E-state index is 4.68. The summed E-state index contributed by atoms with van der Waals surface area (Å²) in [6.07, 6.45) is 9.37. The van der Waals surface area contributed by atoms with Gasteiger partial charge in [-0.1, -0.05) is 0 Å². The van der Waals surface area contributed by atoms with E-state index in [0.29, 0.717) is 12.6 Å². The standard InChI is InChI=1S/C19H20N6/c1-13(2)25-10-9-22-19(25)16-11-17(24-18-15(16)5-8-21-18)23-12-14-3-6-20-7-4-14/h3-11,13H,12H2,1-2H3,(H2,21,23,24). The van der Waals surface area contributed by atoms with Crippen LogP contribution in [0.4, 0.5) is 5.82 Å². The fourth-order valence-electron chi connectivity index (χ4n) is 2.94. The molecule has 2 N–H and O–H groups in total. The number of nitrogens with one attached hydrogen (secondary N) is 2. The summed E-state index contributed by atoms with van der Waals surface area (Å²) in [6, 6.07) is 8.44. The zero-order valence-corrected chi connectivity index (χ0v) is 14.3. The van der Waals surface area contributed by atoms with Gasteiger partial charge in [-0.05, 0) is 43.7 Å². The van der Waals surface area contributed by atoms with E-state index >= 15 is 0 Å². The number of imidazole rings is 1. The molecule has 4 heterocycles. The molecule has 0 unspecified atom stereocenters. The van der Waals surface area contributed by atoms with Crippen molar-refractivity contribution in [3.63, 3.8) is 0 Å². The minimum absolute atomic E-state index is 0.341. The van der Waals surface area contributed by atoms with Crippen LogP contribution in [0.1, 0.15) is 25.5 Å². The van der Waals surface area contributed by atoms with E-state index in [1.54, 1.807) is 12.4 Å². The number of fused-ring (bicyclic) bond motifs is 1. The number of aromatic nitrogens is 5. The molecule has 0 amide bonds. The topological polar surface area (TPSA) is 71.4 Å². The first kappa shape index (κ1) is 15.4. The Balaban J connectivity index is 1.73. The van der Waals surface area contributed by atoms with Gasteiger partial charge in [0.1, 0.15) is 17.3 Å². The average molecular weight is 332 g/mol. The van der Waals surface area contributed by atoms with Crippen molar-refractivity contribution in [3.8, 4) is 11.4 Å². The minimum Gasteiger partial charge on any atom is -0.366 e. The van der Waals surface area contributed by atoms with Gasteiger partial charge in [0.15, 0.2) is 0 Å². The summed E-state index contributed by atoms with van der Waals surface area (Å²) in [5, 5.41) is 4.47. The summed E-state index contributed by atoms with van der Waals surface area (Å²) < 4.78 is 2.18. The molecule has 4 aromatic heterocycles. The third-order valence-corrected chi connectivity index (χ3v) is 4.22. The molecule has 0 saturated heterocycles. The SMILES string of the molecule is CC(C)n1ccnc1-c1cc(NCc2ccncc2)nc2[nH]ccc12. The van der Waals surface area contributed by atoms with E-state index in [4.69, 9.17) is 0 Å². The van der Waals surface area contributed by atoms with E-state index in [1.807, 2.05) is 36.8 Å². The predicted octanol–water partition coefficient (Wildman–Crippen LogP) is 4.01. The molecule has 0 atom stereocenters. The molecular formula is C19H20N6. The highest BCUT2D eigenvalue weighted by atomic mass is 15.1. The van der Waals surface area contributed by atoms with Gasteiger partial charge < -0.3 is 14.9 Å². The molecule has 0 aliphatic rings. The third-order valence-electron chi connectivity index (χ3n) is 4.22. The molecule has 0 spiro atoms. The van der Waals surface area contributed by atoms with Crippen LogP contribution >= 0.6 is 0 Å². The molecular weight excluding hydrogens is 312 g/mol. The molecule has 6 heteroatoms. The summed E-state index contributed by atoms with van der Waals surface area (Å²) in [6.45, 7) is 5.01. The Bertz CT molecular complexity index is 984. The van der Waals surface area contributed by atoms with Crippen LogP contribution in [0.25, 0.3) is 22.4 Å². The lowest BCUT2D eigenvalue weighted by Gasteiger charge is -2.13. The number of pyridine rings is 2. The van der Waals surface area contributed by atoms with Gasteiger partial charge in [-0.2, -0.15) is 0 Å². The van der Waals surface area contributed by atoms with E-state index in [9.17, 15) is 0 Å². The van der Waals surface area contributed by atoms with Gasteiger partial charge >= 0.3 is 0 Å². The molecule has 126 valence electrons. The lowest BCUT2D eigenvalue weighted by Crippen LogP contribution is -2.05. The number of H-pyrrole nitrogens is 1. The van der Waals surface area contributed by atoms with Crippen molar-refractivity contribution in [2.75, 3.05) is 5.32 Å². The average Bonchev–Trinajstić information content (AvgIpc) is 3.29. The summed E-state index contributed by atoms with van der Waals surface area (Å²) in [5.41, 5.74) is 3.09. The second kappa shape index (κ2) is 6.39. The van der Waals surface area contributed by atoms with Crippen LogP contribution in [0.2, 0.25) is 0 Å². The van der Waals surface area contributed by atoms with Crippen LogP contribution in [0.15, 0.2) is 55.2 Å². The first-order valence-electron chi connectivity index (χ1n) is 8.36. The van der Waals surface area contributed by atoms with Crippen molar-refractivity contribution in [2.45, 2.75) is 26.4 Å². The number of rotatable bonds is 5. The quantitative estimate of drug-likeness (QED) is 0.579. The Morgan fingerprint density at radius 1 is 1.16 bits per heavy atom. The molecule has 0 bridgehead atoms. The lowest BCUT2D eigenvalue weighted by molar-refractivity contribution is 0.607. The zero-order chi connectivity index (χ0) is 17.2. The van der Waals surface area contributed by atoms with E-state index < -0.39 is 0 Å². The second-order valence-corrected chi connectivity index (χ2v) is 6.26. The maximum absolute atomic E-state index is 4.68. The normalized spacial score (nSPS) is 11.3. The largest absolute Gasteiger partial charge is 0.366 e. The van der Waals surface area contributed by atoms with E-state index in [-0.39, 0.29) is 0 Å². The van der Waals surface area contributed by atoms with Crippen molar-refractivity contribution >= 4 is 16.9 Å². The van der Waals surface area contributed by atoms with Crippen LogP contribution in [0.5, 0.6) is 0 Å². The zero-order valence-electron chi connectivity index (χ0n) is 14.3. The molecule has 0 saturated carbocycles. The summed E-state index contributed by atoms with van der Waals surface area (Å²) in [5.74, 6) is 1.77. The molecule has 0 fully saturated rings. The summed E-state index contributed by atoms with van der Waals surface area (Å²) in [7, 11) is 0. The van der Waals surface area contributed by atoms with Crippen molar-refractivity contribution in [1.29, 1.82) is 0 Å². The molecule has 0 aliphatic heterocycles.